The third-order valence-electron chi connectivity index (χ3n) is 3.59. The first-order valence-electron chi connectivity index (χ1n) is 6.47. The maximum absolute atomic E-state index is 12.2. The van der Waals surface area contributed by atoms with Crippen molar-refractivity contribution in [2.45, 2.75) is 6.23 Å². The number of imide groups is 1. The molecule has 7 nitrogen and oxygen atoms in total. The molecule has 0 spiro atoms. The Morgan fingerprint density at radius 2 is 1.90 bits per heavy atom. The number of ether oxygens (including phenoxy) is 1. The molecule has 0 bridgehead atoms. The predicted octanol–water partition coefficient (Wildman–Crippen LogP) is -0.266. The molecule has 1 aromatic rings. The Hall–Kier alpha value is -2.35. The molecule has 4 amide bonds. The summed E-state index contributed by atoms with van der Waals surface area (Å²) in [5.74, 6) is -0.751. The molecule has 1 saturated heterocycles. The molecule has 2 heterocycles. The molecule has 1 unspecified atom stereocenters. The van der Waals surface area contributed by atoms with E-state index in [0.717, 1.165) is 4.90 Å². The highest BCUT2D eigenvalue weighted by Gasteiger charge is 2.39. The number of urea groups is 1. The van der Waals surface area contributed by atoms with Gasteiger partial charge in [-0.15, -0.1) is 0 Å². The number of carbonyl (C=O) groups excluding carboxylic acids is 3. The van der Waals surface area contributed by atoms with Crippen molar-refractivity contribution in [3.05, 3.63) is 35.4 Å². The van der Waals surface area contributed by atoms with E-state index in [1.807, 2.05) is 5.23 Å². The fourth-order valence-corrected chi connectivity index (χ4v) is 2.55. The molecule has 21 heavy (non-hydrogen) atoms. The van der Waals surface area contributed by atoms with Crippen molar-refractivity contribution in [3.63, 3.8) is 0 Å². The first-order valence-corrected chi connectivity index (χ1v) is 6.47. The predicted molar refractivity (Wildman–Crippen MR) is 72.5 cm³/mol. The Kier molecular flexibility index (Phi) is 3.38. The maximum atomic E-state index is 12.2. The number of hydrogen-bond acceptors (Lipinski definition) is 4. The number of carbonyl (C=O) groups is 3. The molecule has 2 radical (unpaired) electrons. The van der Waals surface area contributed by atoms with Gasteiger partial charge in [0.05, 0.1) is 24.3 Å². The van der Waals surface area contributed by atoms with Crippen molar-refractivity contribution >= 4 is 25.8 Å². The first-order chi connectivity index (χ1) is 10.1. The van der Waals surface area contributed by atoms with Gasteiger partial charge in [-0.05, 0) is 12.1 Å². The molecular weight excluding hydrogens is 273 g/mol. The maximum Gasteiger partial charge on any atom is 0.306 e. The second kappa shape index (κ2) is 5.21. The molecule has 0 aliphatic carbocycles. The molecule has 1 atom stereocenters. The average molecular weight is 285 g/mol. The molecule has 0 saturated carbocycles. The van der Waals surface area contributed by atoms with Crippen molar-refractivity contribution in [1.29, 1.82) is 0 Å². The van der Waals surface area contributed by atoms with Crippen molar-refractivity contribution in [2.24, 2.45) is 0 Å². The largest absolute Gasteiger partial charge is 0.391 e. The third kappa shape index (κ3) is 2.17. The van der Waals surface area contributed by atoms with E-state index in [1.165, 1.54) is 4.90 Å². The minimum Gasteiger partial charge on any atom is -0.391 e. The van der Waals surface area contributed by atoms with E-state index in [4.69, 9.17) is 12.7 Å². The van der Waals surface area contributed by atoms with E-state index in [-0.39, 0.29) is 18.4 Å². The lowest BCUT2D eigenvalue weighted by Gasteiger charge is -2.26. The molecule has 1 fully saturated rings. The van der Waals surface area contributed by atoms with Crippen LogP contribution in [0.25, 0.3) is 0 Å². The van der Waals surface area contributed by atoms with Crippen LogP contribution in [-0.4, -0.2) is 61.6 Å². The Balaban J connectivity index is 1.79. The SMILES string of the molecule is [B]NC(=O)N1CCOC1CN1C(=O)c2ccccc2C1=O. The number of amides is 4. The topological polar surface area (TPSA) is 79.0 Å². The van der Waals surface area contributed by atoms with E-state index in [1.54, 1.807) is 24.3 Å². The van der Waals surface area contributed by atoms with Crippen molar-refractivity contribution in [2.75, 3.05) is 19.7 Å². The lowest BCUT2D eigenvalue weighted by molar-refractivity contribution is 0.0203. The smallest absolute Gasteiger partial charge is 0.306 e. The molecule has 3 rings (SSSR count). The van der Waals surface area contributed by atoms with Crippen molar-refractivity contribution < 1.29 is 19.1 Å². The lowest BCUT2D eigenvalue weighted by Crippen LogP contribution is -2.48. The lowest BCUT2D eigenvalue weighted by atomic mass is 10.1. The van der Waals surface area contributed by atoms with Crippen LogP contribution in [0.3, 0.4) is 0 Å². The fraction of sp³-hybridized carbons (Fsp3) is 0.308. The molecule has 106 valence electrons. The van der Waals surface area contributed by atoms with E-state index in [2.05, 4.69) is 0 Å². The molecule has 2 aliphatic rings. The normalized spacial score (nSPS) is 20.9. The molecule has 1 aromatic carbocycles. The van der Waals surface area contributed by atoms with E-state index < -0.39 is 12.3 Å². The Morgan fingerprint density at radius 3 is 2.48 bits per heavy atom. The summed E-state index contributed by atoms with van der Waals surface area (Å²) >= 11 is 0. The Morgan fingerprint density at radius 1 is 1.29 bits per heavy atom. The summed E-state index contributed by atoms with van der Waals surface area (Å²) in [7, 11) is 5.10. The summed E-state index contributed by atoms with van der Waals surface area (Å²) in [6.07, 6.45) is -0.684. The van der Waals surface area contributed by atoms with Gasteiger partial charge < -0.3 is 9.96 Å². The van der Waals surface area contributed by atoms with Gasteiger partial charge in [0.1, 0.15) is 0 Å². The van der Waals surface area contributed by atoms with Crippen LogP contribution in [-0.2, 0) is 4.74 Å². The summed E-state index contributed by atoms with van der Waals surface area (Å²) in [6.45, 7) is 0.678. The van der Waals surface area contributed by atoms with Gasteiger partial charge in [0.25, 0.3) is 11.8 Å². The number of rotatable bonds is 2. The van der Waals surface area contributed by atoms with Crippen LogP contribution in [0.1, 0.15) is 20.7 Å². The van der Waals surface area contributed by atoms with Gasteiger partial charge in [0, 0.05) is 6.54 Å². The second-order valence-corrected chi connectivity index (χ2v) is 4.73. The van der Waals surface area contributed by atoms with Gasteiger partial charge in [-0.1, -0.05) is 12.1 Å². The summed E-state index contributed by atoms with van der Waals surface area (Å²) in [4.78, 5) is 38.5. The van der Waals surface area contributed by atoms with Gasteiger partial charge in [-0.25, -0.2) is 4.79 Å². The van der Waals surface area contributed by atoms with Crippen LogP contribution in [0.4, 0.5) is 4.79 Å². The number of nitrogens with zero attached hydrogens (tertiary/aromatic N) is 2. The van der Waals surface area contributed by atoms with Crippen molar-refractivity contribution in [1.82, 2.24) is 15.0 Å². The van der Waals surface area contributed by atoms with Crippen LogP contribution < -0.4 is 5.23 Å². The van der Waals surface area contributed by atoms with Crippen LogP contribution in [0.2, 0.25) is 0 Å². The average Bonchev–Trinajstić information content (AvgIpc) is 3.06. The van der Waals surface area contributed by atoms with Gasteiger partial charge in [-0.2, -0.15) is 0 Å². The third-order valence-corrected chi connectivity index (χ3v) is 3.59. The molecule has 1 N–H and O–H groups in total. The number of nitrogens with one attached hydrogen (secondary N) is 1. The van der Waals surface area contributed by atoms with E-state index >= 15 is 0 Å². The monoisotopic (exact) mass is 285 g/mol. The number of fused-ring (bicyclic) bond motifs is 1. The summed E-state index contributed by atoms with van der Waals surface area (Å²) in [5.41, 5.74) is 0.741. The van der Waals surface area contributed by atoms with Crippen LogP contribution in [0.5, 0.6) is 0 Å². The highest BCUT2D eigenvalue weighted by molar-refractivity contribution is 6.21. The zero-order chi connectivity index (χ0) is 15.0. The van der Waals surface area contributed by atoms with Crippen LogP contribution in [0, 0.1) is 0 Å². The second-order valence-electron chi connectivity index (χ2n) is 4.73. The van der Waals surface area contributed by atoms with Gasteiger partial charge >= 0.3 is 6.03 Å². The van der Waals surface area contributed by atoms with Gasteiger partial charge in [0.15, 0.2) is 6.23 Å². The summed E-state index contributed by atoms with van der Waals surface area (Å²) < 4.78 is 5.41. The van der Waals surface area contributed by atoms with Crippen LogP contribution >= 0.6 is 0 Å². The minimum absolute atomic E-state index is 0.0141. The standard InChI is InChI=1S/C13H12BN3O4/c14-15-13(20)16-5-6-21-10(16)7-17-11(18)8-3-1-2-4-9(8)12(17)19/h1-4,10H,5-7H2,(H,15,20). The zero-order valence-electron chi connectivity index (χ0n) is 11.1. The number of benzene rings is 1. The van der Waals surface area contributed by atoms with E-state index in [9.17, 15) is 14.4 Å². The molecular formula is C13H12BN3O4. The van der Waals surface area contributed by atoms with Crippen molar-refractivity contribution in [3.8, 4) is 0 Å². The highest BCUT2D eigenvalue weighted by Crippen LogP contribution is 2.24. The molecule has 8 heteroatoms. The Bertz CT molecular complexity index is 586. The van der Waals surface area contributed by atoms with E-state index in [0.29, 0.717) is 24.3 Å². The summed E-state index contributed by atoms with van der Waals surface area (Å²) in [5, 5.41) is 2.02. The van der Waals surface area contributed by atoms with Gasteiger partial charge in [0.2, 0.25) is 7.98 Å². The number of hydrogen-bond donors (Lipinski definition) is 1. The Labute approximate surface area is 122 Å². The molecule has 0 aromatic heterocycles. The highest BCUT2D eigenvalue weighted by atomic mass is 16.5. The van der Waals surface area contributed by atoms with Crippen LogP contribution in [0.15, 0.2) is 24.3 Å². The zero-order valence-corrected chi connectivity index (χ0v) is 11.1. The molecule has 2 aliphatic heterocycles. The summed E-state index contributed by atoms with van der Waals surface area (Å²) in [6, 6.07) is 6.11. The van der Waals surface area contributed by atoms with Gasteiger partial charge in [-0.3, -0.25) is 19.4 Å². The first kappa shape index (κ1) is 13.6. The quantitative estimate of drug-likeness (QED) is 0.599. The minimum atomic E-state index is -0.684. The fourth-order valence-electron chi connectivity index (χ4n) is 2.55.